The number of hydrogen-bond donors (Lipinski definition) is 2. The molecule has 0 saturated heterocycles. The van der Waals surface area contributed by atoms with Crippen LogP contribution in [0.4, 0.5) is 5.82 Å². The first-order valence-electron chi connectivity index (χ1n) is 7.27. The molecule has 0 aromatic carbocycles. The van der Waals surface area contributed by atoms with E-state index >= 15 is 0 Å². The van der Waals surface area contributed by atoms with Crippen molar-refractivity contribution < 1.29 is 5.11 Å². The van der Waals surface area contributed by atoms with Gasteiger partial charge in [0.2, 0.25) is 0 Å². The van der Waals surface area contributed by atoms with E-state index in [-0.39, 0.29) is 12.6 Å². The van der Waals surface area contributed by atoms with Gasteiger partial charge in [-0.25, -0.2) is 9.97 Å². The Kier molecular flexibility index (Phi) is 6.15. The summed E-state index contributed by atoms with van der Waals surface area (Å²) in [5.74, 6) is 2.46. The van der Waals surface area contributed by atoms with Gasteiger partial charge in [-0.1, -0.05) is 0 Å². The smallest absolute Gasteiger partial charge is 0.161 e. The van der Waals surface area contributed by atoms with Gasteiger partial charge in [-0.15, -0.1) is 0 Å². The molecule has 22 heavy (non-hydrogen) atoms. The number of nitrogens with zero attached hydrogens (tertiary/aromatic N) is 3. The maximum absolute atomic E-state index is 9.21. The minimum Gasteiger partial charge on any atom is -0.396 e. The number of rotatable bonds is 7. The van der Waals surface area contributed by atoms with Crippen LogP contribution in [0.2, 0.25) is 0 Å². The Bertz CT molecular complexity index is 601. The van der Waals surface area contributed by atoms with Crippen LogP contribution in [0.15, 0.2) is 24.5 Å². The summed E-state index contributed by atoms with van der Waals surface area (Å²) in [6.45, 7) is 4.17. The lowest BCUT2D eigenvalue weighted by Crippen LogP contribution is -2.25. The number of aryl methyl sites for hydroxylation is 1. The lowest BCUT2D eigenvalue weighted by molar-refractivity contribution is 0.282. The van der Waals surface area contributed by atoms with Crippen molar-refractivity contribution in [1.29, 1.82) is 0 Å². The normalized spacial score (nSPS) is 12.2. The van der Waals surface area contributed by atoms with Gasteiger partial charge >= 0.3 is 0 Å². The number of hydrogen-bond acceptors (Lipinski definition) is 6. The van der Waals surface area contributed by atoms with Crippen LogP contribution in [-0.2, 0) is 0 Å². The summed E-state index contributed by atoms with van der Waals surface area (Å²) in [6, 6.07) is 4.00. The van der Waals surface area contributed by atoms with E-state index in [9.17, 15) is 5.11 Å². The van der Waals surface area contributed by atoms with Crippen molar-refractivity contribution in [3.63, 3.8) is 0 Å². The van der Waals surface area contributed by atoms with Crippen molar-refractivity contribution in [2.45, 2.75) is 26.3 Å². The summed E-state index contributed by atoms with van der Waals surface area (Å²) in [7, 11) is 0. The van der Waals surface area contributed by atoms with Crippen molar-refractivity contribution in [1.82, 2.24) is 15.0 Å². The van der Waals surface area contributed by atoms with E-state index in [2.05, 4.69) is 26.5 Å². The standard InChI is InChI=1S/C16H22N4OS/c1-11-12(2)18-16(13-4-7-17-8-5-13)20-15(11)19-14(6-9-21)10-22-3/h4-5,7-8,14,21H,6,9-10H2,1-3H3,(H,18,19,20). The Morgan fingerprint density at radius 1 is 1.23 bits per heavy atom. The Morgan fingerprint density at radius 3 is 2.59 bits per heavy atom. The molecule has 6 heteroatoms. The fourth-order valence-electron chi connectivity index (χ4n) is 2.15. The van der Waals surface area contributed by atoms with Crippen LogP contribution in [-0.4, -0.2) is 44.7 Å². The van der Waals surface area contributed by atoms with E-state index < -0.39 is 0 Å². The van der Waals surface area contributed by atoms with Gasteiger partial charge in [0, 0.05) is 47.6 Å². The predicted octanol–water partition coefficient (Wildman–Crippen LogP) is 2.68. The van der Waals surface area contributed by atoms with Gasteiger partial charge in [0.25, 0.3) is 0 Å². The first-order chi connectivity index (χ1) is 10.7. The molecule has 2 rings (SSSR count). The van der Waals surface area contributed by atoms with Crippen LogP contribution in [0, 0.1) is 13.8 Å². The second kappa shape index (κ2) is 8.10. The van der Waals surface area contributed by atoms with Crippen molar-refractivity contribution in [3.05, 3.63) is 35.8 Å². The summed E-state index contributed by atoms with van der Waals surface area (Å²) in [5, 5.41) is 12.7. The highest BCUT2D eigenvalue weighted by Gasteiger charge is 2.14. The minimum absolute atomic E-state index is 0.165. The number of pyridine rings is 1. The van der Waals surface area contributed by atoms with E-state index in [1.807, 2.05) is 26.0 Å². The molecule has 0 fully saturated rings. The fourth-order valence-corrected chi connectivity index (χ4v) is 2.80. The Balaban J connectivity index is 2.32. The zero-order chi connectivity index (χ0) is 15.9. The maximum Gasteiger partial charge on any atom is 0.161 e. The van der Waals surface area contributed by atoms with E-state index in [0.29, 0.717) is 12.2 Å². The average molecular weight is 318 g/mol. The van der Waals surface area contributed by atoms with Gasteiger partial charge in [-0.3, -0.25) is 4.98 Å². The van der Waals surface area contributed by atoms with Gasteiger partial charge in [0.1, 0.15) is 5.82 Å². The number of thioether (sulfide) groups is 1. The van der Waals surface area contributed by atoms with E-state index in [4.69, 9.17) is 0 Å². The number of aliphatic hydroxyl groups is 1. The summed E-state index contributed by atoms with van der Waals surface area (Å²) in [6.07, 6.45) is 6.24. The molecule has 2 aromatic heterocycles. The lowest BCUT2D eigenvalue weighted by atomic mass is 10.2. The van der Waals surface area contributed by atoms with Gasteiger partial charge in [0.15, 0.2) is 5.82 Å². The van der Waals surface area contributed by atoms with Crippen LogP contribution < -0.4 is 5.32 Å². The highest BCUT2D eigenvalue weighted by Crippen LogP contribution is 2.22. The van der Waals surface area contributed by atoms with Crippen molar-refractivity contribution in [2.75, 3.05) is 23.9 Å². The zero-order valence-electron chi connectivity index (χ0n) is 13.2. The Hall–Kier alpha value is -1.66. The highest BCUT2D eigenvalue weighted by molar-refractivity contribution is 7.98. The topological polar surface area (TPSA) is 70.9 Å². The molecule has 2 aromatic rings. The predicted molar refractivity (Wildman–Crippen MR) is 92.2 cm³/mol. The third-order valence-electron chi connectivity index (χ3n) is 3.51. The summed E-state index contributed by atoms with van der Waals surface area (Å²) >= 11 is 1.75. The van der Waals surface area contributed by atoms with Gasteiger partial charge in [-0.05, 0) is 38.7 Å². The largest absolute Gasteiger partial charge is 0.396 e. The minimum atomic E-state index is 0.165. The fraction of sp³-hybridized carbons (Fsp3) is 0.438. The molecule has 2 N–H and O–H groups in total. The third-order valence-corrected chi connectivity index (χ3v) is 4.25. The lowest BCUT2D eigenvalue weighted by Gasteiger charge is -2.20. The second-order valence-electron chi connectivity index (χ2n) is 5.15. The molecule has 1 unspecified atom stereocenters. The van der Waals surface area contributed by atoms with E-state index in [1.54, 1.807) is 24.2 Å². The molecular weight excluding hydrogens is 296 g/mol. The van der Waals surface area contributed by atoms with Crippen molar-refractivity contribution in [3.8, 4) is 11.4 Å². The Morgan fingerprint density at radius 2 is 1.95 bits per heavy atom. The SMILES string of the molecule is CSCC(CCO)Nc1nc(-c2ccncc2)nc(C)c1C. The van der Waals surface area contributed by atoms with Gasteiger partial charge in [-0.2, -0.15) is 11.8 Å². The van der Waals surface area contributed by atoms with Crippen LogP contribution in [0.3, 0.4) is 0 Å². The Labute approximate surface area is 135 Å². The number of nitrogens with one attached hydrogen (secondary N) is 1. The van der Waals surface area contributed by atoms with Crippen LogP contribution >= 0.6 is 11.8 Å². The molecule has 0 aliphatic heterocycles. The molecule has 0 amide bonds. The summed E-state index contributed by atoms with van der Waals surface area (Å²) < 4.78 is 0. The molecular formula is C16H22N4OS. The molecule has 0 saturated carbocycles. The molecule has 0 spiro atoms. The second-order valence-corrected chi connectivity index (χ2v) is 6.06. The first kappa shape index (κ1) is 16.7. The van der Waals surface area contributed by atoms with Gasteiger partial charge < -0.3 is 10.4 Å². The van der Waals surface area contributed by atoms with E-state index in [1.165, 1.54) is 0 Å². The molecule has 2 heterocycles. The van der Waals surface area contributed by atoms with Crippen LogP contribution in [0.5, 0.6) is 0 Å². The average Bonchev–Trinajstić information content (AvgIpc) is 2.53. The summed E-state index contributed by atoms with van der Waals surface area (Å²) in [5.41, 5.74) is 2.95. The molecule has 0 bridgehead atoms. The van der Waals surface area contributed by atoms with Crippen LogP contribution in [0.25, 0.3) is 11.4 Å². The van der Waals surface area contributed by atoms with Gasteiger partial charge in [0.05, 0.1) is 0 Å². The number of anilines is 1. The molecule has 0 radical (unpaired) electrons. The van der Waals surface area contributed by atoms with Crippen molar-refractivity contribution >= 4 is 17.6 Å². The quantitative estimate of drug-likeness (QED) is 0.818. The molecule has 118 valence electrons. The highest BCUT2D eigenvalue weighted by atomic mass is 32.2. The van der Waals surface area contributed by atoms with E-state index in [0.717, 1.165) is 28.4 Å². The third kappa shape index (κ3) is 4.18. The first-order valence-corrected chi connectivity index (χ1v) is 8.67. The molecule has 0 aliphatic rings. The zero-order valence-corrected chi connectivity index (χ0v) is 14.0. The maximum atomic E-state index is 9.21. The van der Waals surface area contributed by atoms with Crippen molar-refractivity contribution in [2.24, 2.45) is 0 Å². The molecule has 0 aliphatic carbocycles. The number of aliphatic hydroxyl groups excluding tert-OH is 1. The number of aromatic nitrogens is 3. The van der Waals surface area contributed by atoms with Crippen LogP contribution in [0.1, 0.15) is 17.7 Å². The monoisotopic (exact) mass is 318 g/mol. The summed E-state index contributed by atoms with van der Waals surface area (Å²) in [4.78, 5) is 13.3. The molecule has 5 nitrogen and oxygen atoms in total. The molecule has 1 atom stereocenters.